The summed E-state index contributed by atoms with van der Waals surface area (Å²) in [7, 11) is 0. The summed E-state index contributed by atoms with van der Waals surface area (Å²) in [5, 5.41) is 0.770. The highest BCUT2D eigenvalue weighted by Crippen LogP contribution is 2.33. The van der Waals surface area contributed by atoms with E-state index in [1.54, 1.807) is 30.3 Å². The molecule has 0 aliphatic heterocycles. The Labute approximate surface area is 190 Å². The lowest BCUT2D eigenvalue weighted by Gasteiger charge is -2.07. The van der Waals surface area contributed by atoms with E-state index < -0.39 is 17.5 Å². The predicted molar refractivity (Wildman–Crippen MR) is 117 cm³/mol. The molecule has 2 heterocycles. The molecule has 0 saturated carbocycles. The van der Waals surface area contributed by atoms with Gasteiger partial charge in [0.25, 0.3) is 0 Å². The molecule has 0 fully saturated rings. The van der Waals surface area contributed by atoms with Crippen LogP contribution >= 0.6 is 23.2 Å². The van der Waals surface area contributed by atoms with Gasteiger partial charge < -0.3 is 8.83 Å². The molecule has 0 N–H and O–H groups in total. The third-order valence-electron chi connectivity index (χ3n) is 4.55. The van der Waals surface area contributed by atoms with E-state index in [-0.39, 0.29) is 17.1 Å². The fourth-order valence-electron chi connectivity index (χ4n) is 2.96. The number of hydrogen-bond acceptors (Lipinski definition) is 3. The van der Waals surface area contributed by atoms with Gasteiger partial charge in [0.05, 0.1) is 15.6 Å². The highest BCUT2D eigenvalue weighted by atomic mass is 35.5. The molecule has 0 radical (unpaired) electrons. The van der Waals surface area contributed by atoms with Gasteiger partial charge in [0.2, 0.25) is 5.78 Å². The molecule has 0 bridgehead atoms. The predicted octanol–water partition coefficient (Wildman–Crippen LogP) is 8.43. The van der Waals surface area contributed by atoms with Gasteiger partial charge in [0.1, 0.15) is 17.3 Å². The topological polar surface area (TPSA) is 43.4 Å². The van der Waals surface area contributed by atoms with Crippen LogP contribution in [0.4, 0.5) is 13.2 Å². The van der Waals surface area contributed by atoms with E-state index in [0.717, 1.165) is 12.1 Å². The second-order valence-electron chi connectivity index (χ2n) is 6.77. The van der Waals surface area contributed by atoms with Crippen LogP contribution in [0.15, 0.2) is 81.6 Å². The summed E-state index contributed by atoms with van der Waals surface area (Å²) in [6.45, 7) is 0. The first-order valence-corrected chi connectivity index (χ1v) is 10.0. The number of furan rings is 2. The molecule has 0 spiro atoms. The van der Waals surface area contributed by atoms with Crippen molar-refractivity contribution in [1.82, 2.24) is 0 Å². The number of ketones is 1. The molecule has 0 amide bonds. The van der Waals surface area contributed by atoms with Crippen molar-refractivity contribution in [2.75, 3.05) is 0 Å². The highest BCUT2D eigenvalue weighted by Gasteiger charge is 2.30. The maximum atomic E-state index is 12.9. The third-order valence-corrected chi connectivity index (χ3v) is 5.29. The number of alkyl halides is 3. The molecular formula is C24H13Cl2F3O3. The Morgan fingerprint density at radius 1 is 0.812 bits per heavy atom. The summed E-state index contributed by atoms with van der Waals surface area (Å²) in [5.41, 5.74) is 0.177. The third kappa shape index (κ3) is 4.82. The Hall–Kier alpha value is -3.22. The first kappa shape index (κ1) is 22.0. The van der Waals surface area contributed by atoms with E-state index in [0.29, 0.717) is 27.1 Å². The number of halogens is 5. The second kappa shape index (κ2) is 8.73. The van der Waals surface area contributed by atoms with Crippen molar-refractivity contribution in [2.24, 2.45) is 0 Å². The zero-order valence-corrected chi connectivity index (χ0v) is 17.6. The SMILES string of the molecule is O=C(/C=C/c1ccc(-c2cccc(C(F)(F)F)c2)o1)c1ccc(-c2ccc(Cl)c(Cl)c2)o1. The quantitative estimate of drug-likeness (QED) is 0.214. The minimum Gasteiger partial charge on any atom is -0.457 e. The maximum absolute atomic E-state index is 12.9. The smallest absolute Gasteiger partial charge is 0.416 e. The van der Waals surface area contributed by atoms with Gasteiger partial charge in [-0.1, -0.05) is 35.3 Å². The lowest BCUT2D eigenvalue weighted by molar-refractivity contribution is -0.137. The van der Waals surface area contributed by atoms with Crippen molar-refractivity contribution >= 4 is 35.1 Å². The van der Waals surface area contributed by atoms with Crippen LogP contribution in [0.2, 0.25) is 10.0 Å². The van der Waals surface area contributed by atoms with Crippen molar-refractivity contribution in [1.29, 1.82) is 0 Å². The summed E-state index contributed by atoms with van der Waals surface area (Å²) in [4.78, 5) is 12.4. The number of rotatable bonds is 5. The molecule has 8 heteroatoms. The van der Waals surface area contributed by atoms with Gasteiger partial charge in [0.15, 0.2) is 5.76 Å². The Bertz CT molecular complexity index is 1320. The van der Waals surface area contributed by atoms with Crippen LogP contribution in [0.5, 0.6) is 0 Å². The monoisotopic (exact) mass is 476 g/mol. The van der Waals surface area contributed by atoms with Gasteiger partial charge in [-0.05, 0) is 66.7 Å². The summed E-state index contributed by atoms with van der Waals surface area (Å²) < 4.78 is 49.9. The first-order chi connectivity index (χ1) is 15.2. The van der Waals surface area contributed by atoms with Crippen LogP contribution in [-0.4, -0.2) is 5.78 Å². The molecule has 2 aromatic heterocycles. The number of hydrogen-bond donors (Lipinski definition) is 0. The molecule has 162 valence electrons. The fourth-order valence-corrected chi connectivity index (χ4v) is 3.26. The Kier molecular flexibility index (Phi) is 6.00. The van der Waals surface area contributed by atoms with Crippen molar-refractivity contribution < 1.29 is 26.8 Å². The molecule has 32 heavy (non-hydrogen) atoms. The average Bonchev–Trinajstić information content (AvgIpc) is 3.44. The zero-order chi connectivity index (χ0) is 22.9. The van der Waals surface area contributed by atoms with Gasteiger partial charge in [0, 0.05) is 11.1 Å². The van der Waals surface area contributed by atoms with Gasteiger partial charge in [-0.15, -0.1) is 0 Å². The van der Waals surface area contributed by atoms with Gasteiger partial charge in [-0.25, -0.2) is 0 Å². The highest BCUT2D eigenvalue weighted by molar-refractivity contribution is 6.42. The minimum absolute atomic E-state index is 0.104. The molecule has 0 aliphatic rings. The zero-order valence-electron chi connectivity index (χ0n) is 16.1. The number of benzene rings is 2. The number of allylic oxidation sites excluding steroid dienone is 1. The van der Waals surface area contributed by atoms with Crippen molar-refractivity contribution in [3.63, 3.8) is 0 Å². The lowest BCUT2D eigenvalue weighted by atomic mass is 10.1. The molecular weight excluding hydrogens is 464 g/mol. The van der Waals surface area contributed by atoms with Crippen LogP contribution in [-0.2, 0) is 6.18 Å². The van der Waals surface area contributed by atoms with Crippen LogP contribution < -0.4 is 0 Å². The Morgan fingerprint density at radius 2 is 1.53 bits per heavy atom. The summed E-state index contributed by atoms with van der Waals surface area (Å²) in [6.07, 6.45) is -1.77. The molecule has 4 aromatic rings. The second-order valence-corrected chi connectivity index (χ2v) is 7.59. The fraction of sp³-hybridized carbons (Fsp3) is 0.0417. The van der Waals surface area contributed by atoms with Crippen LogP contribution in [0.3, 0.4) is 0 Å². The maximum Gasteiger partial charge on any atom is 0.416 e. The van der Waals surface area contributed by atoms with Crippen molar-refractivity contribution in [3.8, 4) is 22.6 Å². The Balaban J connectivity index is 1.49. The van der Waals surface area contributed by atoms with Crippen LogP contribution in [0.1, 0.15) is 21.9 Å². The van der Waals surface area contributed by atoms with E-state index in [9.17, 15) is 18.0 Å². The molecule has 0 aliphatic carbocycles. The molecule has 2 aromatic carbocycles. The summed E-state index contributed by atoms with van der Waals surface area (Å²) in [6, 6.07) is 16.1. The molecule has 4 rings (SSSR count). The molecule has 0 saturated heterocycles. The van der Waals surface area contributed by atoms with E-state index >= 15 is 0 Å². The van der Waals surface area contributed by atoms with Gasteiger partial charge in [-0.2, -0.15) is 13.2 Å². The standard InChI is InChI=1S/C24H13Cl2F3O3/c25-18-7-4-15(13-19(18)26)22-10-11-23(32-22)20(30)8-5-17-6-9-21(31-17)14-2-1-3-16(12-14)24(27,28)29/h1-13H/b8-5+. The van der Waals surface area contributed by atoms with Crippen LogP contribution in [0, 0.1) is 0 Å². The summed E-state index contributed by atoms with van der Waals surface area (Å²) in [5.74, 6) is 0.704. The number of carbonyl (C=O) groups is 1. The molecule has 0 unspecified atom stereocenters. The van der Waals surface area contributed by atoms with Crippen LogP contribution in [0.25, 0.3) is 28.7 Å². The lowest BCUT2D eigenvalue weighted by Crippen LogP contribution is -2.04. The molecule has 3 nitrogen and oxygen atoms in total. The largest absolute Gasteiger partial charge is 0.457 e. The van der Waals surface area contributed by atoms with E-state index in [2.05, 4.69) is 0 Å². The van der Waals surface area contributed by atoms with Gasteiger partial charge >= 0.3 is 6.18 Å². The summed E-state index contributed by atoms with van der Waals surface area (Å²) >= 11 is 11.9. The first-order valence-electron chi connectivity index (χ1n) is 9.26. The average molecular weight is 477 g/mol. The van der Waals surface area contributed by atoms with E-state index in [1.807, 2.05) is 0 Å². The van der Waals surface area contributed by atoms with E-state index in [1.165, 1.54) is 36.4 Å². The molecule has 0 atom stereocenters. The van der Waals surface area contributed by atoms with Gasteiger partial charge in [-0.3, -0.25) is 4.79 Å². The van der Waals surface area contributed by atoms with E-state index in [4.69, 9.17) is 32.0 Å². The normalized spacial score (nSPS) is 11.9. The van der Waals surface area contributed by atoms with Crippen molar-refractivity contribution in [3.05, 3.63) is 99.9 Å². The van der Waals surface area contributed by atoms with Crippen molar-refractivity contribution in [2.45, 2.75) is 6.18 Å². The number of carbonyl (C=O) groups excluding carboxylic acids is 1. The minimum atomic E-state index is -4.45. The Morgan fingerprint density at radius 3 is 2.28 bits per heavy atom.